The molecule has 0 saturated carbocycles. The minimum absolute atomic E-state index is 0.101. The zero-order valence-electron chi connectivity index (χ0n) is 9.12. The van der Waals surface area contributed by atoms with Crippen LogP contribution in [-0.2, 0) is 6.42 Å². The van der Waals surface area contributed by atoms with Crippen LogP contribution in [0.25, 0.3) is 0 Å². The number of nitrogens with one attached hydrogen (secondary N) is 1. The molecule has 4 heteroatoms. The molecule has 1 aromatic rings. The number of piperidine rings is 1. The van der Waals surface area contributed by atoms with Crippen molar-refractivity contribution in [2.24, 2.45) is 5.41 Å². The standard InChI is InChI=1S/C11H18N2OS/c1-9-13-7-10(15-9)6-11(8-14)2-4-12-5-3-11/h7,12,14H,2-6,8H2,1H3. The van der Waals surface area contributed by atoms with Gasteiger partial charge >= 0.3 is 0 Å². The number of nitrogens with zero attached hydrogens (tertiary/aromatic N) is 1. The molecule has 2 heterocycles. The lowest BCUT2D eigenvalue weighted by molar-refractivity contribution is 0.0900. The Labute approximate surface area is 94.5 Å². The van der Waals surface area contributed by atoms with Gasteiger partial charge in [-0.05, 0) is 39.3 Å². The van der Waals surface area contributed by atoms with Crippen molar-refractivity contribution >= 4 is 11.3 Å². The molecule has 1 fully saturated rings. The number of aliphatic hydroxyl groups is 1. The molecule has 0 atom stereocenters. The summed E-state index contributed by atoms with van der Waals surface area (Å²) < 4.78 is 0. The molecule has 84 valence electrons. The van der Waals surface area contributed by atoms with Gasteiger partial charge in [-0.25, -0.2) is 4.98 Å². The van der Waals surface area contributed by atoms with Crippen LogP contribution in [0.1, 0.15) is 22.7 Å². The van der Waals surface area contributed by atoms with Crippen LogP contribution in [0.3, 0.4) is 0 Å². The van der Waals surface area contributed by atoms with Gasteiger partial charge in [0.2, 0.25) is 0 Å². The Bertz CT molecular complexity index is 318. The van der Waals surface area contributed by atoms with Crippen molar-refractivity contribution in [3.63, 3.8) is 0 Å². The van der Waals surface area contributed by atoms with Gasteiger partial charge in [0.1, 0.15) is 0 Å². The lowest BCUT2D eigenvalue weighted by Gasteiger charge is -2.35. The minimum atomic E-state index is 0.101. The van der Waals surface area contributed by atoms with E-state index in [1.165, 1.54) is 4.88 Å². The first kappa shape index (κ1) is 11.0. The fourth-order valence-electron chi connectivity index (χ4n) is 2.20. The lowest BCUT2D eigenvalue weighted by atomic mass is 9.76. The van der Waals surface area contributed by atoms with Crippen LogP contribution < -0.4 is 5.32 Å². The summed E-state index contributed by atoms with van der Waals surface area (Å²) in [6, 6.07) is 0. The van der Waals surface area contributed by atoms with Gasteiger partial charge in [0.25, 0.3) is 0 Å². The smallest absolute Gasteiger partial charge is 0.0896 e. The maximum Gasteiger partial charge on any atom is 0.0896 e. The highest BCUT2D eigenvalue weighted by Gasteiger charge is 2.31. The molecule has 0 spiro atoms. The third kappa shape index (κ3) is 2.56. The topological polar surface area (TPSA) is 45.2 Å². The summed E-state index contributed by atoms with van der Waals surface area (Å²) in [5.74, 6) is 0. The van der Waals surface area contributed by atoms with Gasteiger partial charge in [-0.1, -0.05) is 0 Å². The molecule has 15 heavy (non-hydrogen) atoms. The molecule has 3 nitrogen and oxygen atoms in total. The predicted molar refractivity (Wildman–Crippen MR) is 62.2 cm³/mol. The molecule has 0 bridgehead atoms. The van der Waals surface area contributed by atoms with Crippen LogP contribution >= 0.6 is 11.3 Å². The van der Waals surface area contributed by atoms with Crippen LogP contribution in [0.15, 0.2) is 6.20 Å². The van der Waals surface area contributed by atoms with E-state index in [0.29, 0.717) is 6.61 Å². The number of hydrogen-bond acceptors (Lipinski definition) is 4. The van der Waals surface area contributed by atoms with E-state index in [9.17, 15) is 5.11 Å². The van der Waals surface area contributed by atoms with E-state index in [1.807, 2.05) is 13.1 Å². The Balaban J connectivity index is 2.06. The molecular weight excluding hydrogens is 208 g/mol. The second-order valence-electron chi connectivity index (χ2n) is 4.43. The van der Waals surface area contributed by atoms with Crippen LogP contribution in [0.2, 0.25) is 0 Å². The van der Waals surface area contributed by atoms with Crippen molar-refractivity contribution in [3.8, 4) is 0 Å². The van der Waals surface area contributed by atoms with E-state index in [0.717, 1.165) is 37.4 Å². The summed E-state index contributed by atoms with van der Waals surface area (Å²) in [5.41, 5.74) is 0.101. The number of aliphatic hydroxyl groups excluding tert-OH is 1. The average Bonchev–Trinajstić information content (AvgIpc) is 2.65. The van der Waals surface area contributed by atoms with Crippen molar-refractivity contribution in [1.82, 2.24) is 10.3 Å². The number of aromatic nitrogens is 1. The maximum atomic E-state index is 9.57. The van der Waals surface area contributed by atoms with Gasteiger partial charge in [0.15, 0.2) is 0 Å². The Morgan fingerprint density at radius 1 is 1.53 bits per heavy atom. The second kappa shape index (κ2) is 4.60. The molecule has 0 aliphatic carbocycles. The maximum absolute atomic E-state index is 9.57. The van der Waals surface area contributed by atoms with Crippen molar-refractivity contribution in [1.29, 1.82) is 0 Å². The van der Waals surface area contributed by atoms with E-state index in [-0.39, 0.29) is 5.41 Å². The second-order valence-corrected chi connectivity index (χ2v) is 5.75. The molecule has 1 aliphatic heterocycles. The van der Waals surface area contributed by atoms with E-state index >= 15 is 0 Å². The summed E-state index contributed by atoms with van der Waals surface area (Å²) in [6.07, 6.45) is 5.08. The van der Waals surface area contributed by atoms with E-state index < -0.39 is 0 Å². The molecule has 0 aromatic carbocycles. The molecule has 2 rings (SSSR count). The van der Waals surface area contributed by atoms with Crippen molar-refractivity contribution in [2.75, 3.05) is 19.7 Å². The monoisotopic (exact) mass is 226 g/mol. The van der Waals surface area contributed by atoms with Gasteiger partial charge in [-0.2, -0.15) is 0 Å². The molecule has 0 amide bonds. The van der Waals surface area contributed by atoms with Crippen molar-refractivity contribution < 1.29 is 5.11 Å². The largest absolute Gasteiger partial charge is 0.396 e. The normalized spacial score (nSPS) is 20.4. The molecule has 0 unspecified atom stereocenters. The van der Waals surface area contributed by atoms with Gasteiger partial charge in [-0.15, -0.1) is 11.3 Å². The number of aryl methyl sites for hydroxylation is 1. The summed E-state index contributed by atoms with van der Waals surface area (Å²) in [6.45, 7) is 4.38. The van der Waals surface area contributed by atoms with E-state index in [1.54, 1.807) is 11.3 Å². The fraction of sp³-hybridized carbons (Fsp3) is 0.727. The van der Waals surface area contributed by atoms with Gasteiger partial charge in [0, 0.05) is 23.1 Å². The van der Waals surface area contributed by atoms with Crippen molar-refractivity contribution in [3.05, 3.63) is 16.1 Å². The molecule has 0 radical (unpaired) electrons. The summed E-state index contributed by atoms with van der Waals surface area (Å²) in [4.78, 5) is 5.58. The van der Waals surface area contributed by atoms with Crippen LogP contribution in [0.4, 0.5) is 0 Å². The quantitative estimate of drug-likeness (QED) is 0.818. The zero-order chi connectivity index (χ0) is 10.7. The Kier molecular flexibility index (Phi) is 3.38. The van der Waals surface area contributed by atoms with Gasteiger partial charge in [-0.3, -0.25) is 0 Å². The third-order valence-electron chi connectivity index (χ3n) is 3.22. The highest BCUT2D eigenvalue weighted by Crippen LogP contribution is 2.33. The average molecular weight is 226 g/mol. The summed E-state index contributed by atoms with van der Waals surface area (Å²) in [5, 5.41) is 14.0. The van der Waals surface area contributed by atoms with E-state index in [2.05, 4.69) is 10.3 Å². The number of rotatable bonds is 3. The molecular formula is C11H18N2OS. The Morgan fingerprint density at radius 3 is 2.80 bits per heavy atom. The first-order chi connectivity index (χ1) is 7.24. The minimum Gasteiger partial charge on any atom is -0.396 e. The first-order valence-electron chi connectivity index (χ1n) is 5.47. The third-order valence-corrected chi connectivity index (χ3v) is 4.13. The number of thiazole rings is 1. The number of hydrogen-bond donors (Lipinski definition) is 2. The SMILES string of the molecule is Cc1ncc(CC2(CO)CCNCC2)s1. The van der Waals surface area contributed by atoms with Crippen LogP contribution in [0, 0.1) is 12.3 Å². The predicted octanol–water partition coefficient (Wildman–Crippen LogP) is 1.36. The van der Waals surface area contributed by atoms with Crippen LogP contribution in [-0.4, -0.2) is 29.8 Å². The van der Waals surface area contributed by atoms with Gasteiger partial charge < -0.3 is 10.4 Å². The Hall–Kier alpha value is -0.450. The van der Waals surface area contributed by atoms with E-state index in [4.69, 9.17) is 0 Å². The van der Waals surface area contributed by atoms with Gasteiger partial charge in [0.05, 0.1) is 5.01 Å². The molecule has 1 aromatic heterocycles. The molecule has 1 saturated heterocycles. The Morgan fingerprint density at radius 2 is 2.27 bits per heavy atom. The van der Waals surface area contributed by atoms with Crippen LogP contribution in [0.5, 0.6) is 0 Å². The lowest BCUT2D eigenvalue weighted by Crippen LogP contribution is -2.40. The highest BCUT2D eigenvalue weighted by molar-refractivity contribution is 7.11. The summed E-state index contributed by atoms with van der Waals surface area (Å²) in [7, 11) is 0. The molecule has 2 N–H and O–H groups in total. The first-order valence-corrected chi connectivity index (χ1v) is 6.29. The summed E-state index contributed by atoms with van der Waals surface area (Å²) >= 11 is 1.75. The zero-order valence-corrected chi connectivity index (χ0v) is 9.94. The highest BCUT2D eigenvalue weighted by atomic mass is 32.1. The molecule has 1 aliphatic rings. The fourth-order valence-corrected chi connectivity index (χ4v) is 3.17. The van der Waals surface area contributed by atoms with Crippen molar-refractivity contribution in [2.45, 2.75) is 26.2 Å².